The molecule has 14 heteroatoms. The van der Waals surface area contributed by atoms with Crippen molar-refractivity contribution in [3.63, 3.8) is 0 Å². The van der Waals surface area contributed by atoms with Crippen LogP contribution < -0.4 is 0 Å². The summed E-state index contributed by atoms with van der Waals surface area (Å²) in [5, 5.41) is 0. The van der Waals surface area contributed by atoms with Gasteiger partial charge in [-0.1, -0.05) is 131 Å². The lowest BCUT2D eigenvalue weighted by Gasteiger charge is -2.62. The average molecular weight is 1800 g/mol. The van der Waals surface area contributed by atoms with Gasteiger partial charge in [-0.05, 0) is 465 Å². The van der Waals surface area contributed by atoms with Crippen LogP contribution in [0.3, 0.4) is 0 Å². The fourth-order valence-corrected chi connectivity index (χ4v) is 32.2. The zero-order valence-corrected chi connectivity index (χ0v) is 85.4. The van der Waals surface area contributed by atoms with Gasteiger partial charge in [-0.3, -0.25) is 0 Å². The van der Waals surface area contributed by atoms with E-state index in [1.54, 1.807) is 80.6 Å². The number of esters is 7. The predicted octanol–water partition coefficient (Wildman–Crippen LogP) is 28.8. The van der Waals surface area contributed by atoms with Gasteiger partial charge in [-0.25, -0.2) is 33.6 Å². The van der Waals surface area contributed by atoms with Crippen LogP contribution in [0.15, 0.2) is 85.1 Å². The van der Waals surface area contributed by atoms with Gasteiger partial charge in [-0.15, -0.1) is 0 Å². The molecule has 24 aliphatic rings. The Morgan fingerprint density at radius 3 is 0.954 bits per heavy atom. The number of hydrogen-bond donors (Lipinski definition) is 0. The highest BCUT2D eigenvalue weighted by Crippen LogP contribution is 2.69. The number of ether oxygens (including phenoxy) is 7. The van der Waals surface area contributed by atoms with Crippen molar-refractivity contribution < 1.29 is 66.7 Å². The maximum atomic E-state index is 12.3. The van der Waals surface area contributed by atoms with E-state index in [1.807, 2.05) is 20.8 Å². The van der Waals surface area contributed by atoms with Gasteiger partial charge in [0.25, 0.3) is 0 Å². The summed E-state index contributed by atoms with van der Waals surface area (Å²) in [4.78, 5) is 82.7. The first kappa shape index (κ1) is 103. The van der Waals surface area contributed by atoms with Crippen LogP contribution in [0, 0.1) is 141 Å². The average Bonchev–Trinajstić information content (AvgIpc) is 0.974. The summed E-state index contributed by atoms with van der Waals surface area (Å²) in [7, 11) is 0. The summed E-state index contributed by atoms with van der Waals surface area (Å²) in [6.45, 7) is 60.8. The lowest BCUT2D eigenvalue weighted by atomic mass is 9.45. The summed E-state index contributed by atoms with van der Waals surface area (Å²) in [6.07, 6.45) is 60.1. The largest absolute Gasteiger partial charge is 0.457 e. The third kappa shape index (κ3) is 24.0. The van der Waals surface area contributed by atoms with Crippen LogP contribution in [-0.4, -0.2) is 81.0 Å². The van der Waals surface area contributed by atoms with Crippen molar-refractivity contribution in [3.05, 3.63) is 85.1 Å². The Kier molecular flexibility index (Phi) is 33.6. The molecule has 14 nitrogen and oxygen atoms in total. The van der Waals surface area contributed by atoms with Crippen LogP contribution in [-0.2, 0) is 66.7 Å². The summed E-state index contributed by atoms with van der Waals surface area (Å²) >= 11 is 0. The Hall–Kier alpha value is -5.53. The molecule has 0 amide bonds. The topological polar surface area (TPSA) is 184 Å². The lowest BCUT2D eigenvalue weighted by molar-refractivity contribution is -0.209. The van der Waals surface area contributed by atoms with Crippen molar-refractivity contribution in [2.45, 2.75) is 459 Å². The third-order valence-electron chi connectivity index (χ3n) is 37.9. The molecule has 4 atom stereocenters. The Balaban J connectivity index is 0.000000136. The van der Waals surface area contributed by atoms with E-state index < -0.39 is 5.60 Å². The molecule has 730 valence electrons. The fourth-order valence-electron chi connectivity index (χ4n) is 32.2. The van der Waals surface area contributed by atoms with Crippen molar-refractivity contribution in [1.29, 1.82) is 0 Å². The highest BCUT2D eigenvalue weighted by molar-refractivity contribution is 5.90. The van der Waals surface area contributed by atoms with Gasteiger partial charge in [0.2, 0.25) is 0 Å². The molecule has 0 spiro atoms. The standard InChI is InChI=1S/C20H32O2.C18H28O2.C17H26O2.C16H24O2.C15H22O2.C15H24O2.C8H14O2.C7H12/c1-5-6-7-19(4,22-18(21)14(2)3)20-11-15-8-16(12-20)10-17(9-15)13-20;1-4-5-6-18(20-17(19)12(2)3)15-8-13-7-14(10-15)11-16(18)9-13;1-11(2)15(18)19-16(3,4)17-8-12-5-13(9-17)7-14(6-12)10-17;1-4-16(18-15(17)10(2)3)13-6-11-5-12(8-13)9-14(16)7-11;1-9(2)14(16)17-15(3)12-5-10-4-11(7-12)8-13(15)6-10;1-11(2)14(16)17-15(3)9-8-12-6-4-5-7-13(12)10-15;1-6(2)7(9)10-8(3,4)5;1-2-7-4-3-6(1)5-7/h15-17H,2,5-13H2,1,3-4H3;13-16H,2,4-11H2,1,3H3;12-14H,1,5-10H2,2-4H3;11-14H,2,4-9H2,1,3H3;10-13H,1,4-8H2,2-3H3;12-13H,1,4-10H2,2-3H3;1H2,2-5H3;6-7H,1-5H2. The van der Waals surface area contributed by atoms with E-state index >= 15 is 0 Å². The van der Waals surface area contributed by atoms with Gasteiger partial charge in [0.15, 0.2) is 0 Å². The quantitative estimate of drug-likeness (QED) is 0.0566. The van der Waals surface area contributed by atoms with Crippen LogP contribution in [0.5, 0.6) is 0 Å². The second-order valence-corrected chi connectivity index (χ2v) is 50.1. The van der Waals surface area contributed by atoms with E-state index in [4.69, 9.17) is 33.2 Å². The molecule has 22 bridgehead atoms. The first-order valence-corrected chi connectivity index (χ1v) is 53.3. The number of rotatable bonds is 22. The molecule has 0 N–H and O–H groups in total. The number of hydrogen-bond acceptors (Lipinski definition) is 14. The van der Waals surface area contributed by atoms with E-state index in [-0.39, 0.29) is 86.2 Å². The lowest BCUT2D eigenvalue weighted by Crippen LogP contribution is -2.59. The smallest absolute Gasteiger partial charge is 0.333 e. The number of carbonyl (C=O) groups excluding carboxylic acids is 7. The van der Waals surface area contributed by atoms with E-state index in [2.05, 4.69) is 101 Å². The third-order valence-corrected chi connectivity index (χ3v) is 37.9. The van der Waals surface area contributed by atoms with Crippen molar-refractivity contribution in [2.24, 2.45) is 141 Å². The van der Waals surface area contributed by atoms with E-state index in [1.165, 1.54) is 230 Å². The molecular weight excluding hydrogens is 1620 g/mol. The Morgan fingerprint density at radius 1 is 0.308 bits per heavy atom. The Labute approximate surface area is 789 Å². The van der Waals surface area contributed by atoms with Crippen LogP contribution in [0.25, 0.3) is 0 Å². The van der Waals surface area contributed by atoms with Crippen molar-refractivity contribution in [1.82, 2.24) is 0 Å². The molecule has 0 radical (unpaired) electrons. The molecule has 0 aliphatic heterocycles. The summed E-state index contributed by atoms with van der Waals surface area (Å²) < 4.78 is 40.6. The molecule has 0 heterocycles. The minimum atomic E-state index is -0.407. The molecule has 24 rings (SSSR count). The van der Waals surface area contributed by atoms with Crippen molar-refractivity contribution in [2.75, 3.05) is 0 Å². The Morgan fingerprint density at radius 2 is 0.615 bits per heavy atom. The van der Waals surface area contributed by atoms with Crippen molar-refractivity contribution in [3.8, 4) is 0 Å². The SMILES string of the molecule is C1CC2CCC1C2.C=C(C)C(=O)OC(C)(C)C.C=C(C)C(=O)OC(C)(C)C12CC3CC(CC(C3)C1)C2.C=C(C)C(=O)OC(C)(CCCC)C12CC3CC(CC(C3)C1)C2.C=C(C)C(=O)OC1(C)C2CC3CC(C2)CC1C3.C=C(C)C(=O)OC1(C)CCC2CCCCC2C1.C=C(C)C(=O)OC1(CC)C2CC3CC(C2)CC1C3.C=C(C)C(=O)OC1(CCCC)C2CC3CC(C2)CC1C3. The maximum Gasteiger partial charge on any atom is 0.333 e. The Bertz CT molecular complexity index is 3920. The summed E-state index contributed by atoms with van der Waals surface area (Å²) in [5.74, 6) is 17.0. The molecule has 0 aromatic carbocycles. The first-order valence-electron chi connectivity index (χ1n) is 53.3. The highest BCUT2D eigenvalue weighted by Gasteiger charge is 2.65. The van der Waals surface area contributed by atoms with Crippen molar-refractivity contribution >= 4 is 41.8 Å². The maximum absolute atomic E-state index is 12.3. The predicted molar refractivity (Wildman–Crippen MR) is 522 cm³/mol. The molecule has 130 heavy (non-hydrogen) atoms. The van der Waals surface area contributed by atoms with Gasteiger partial charge in [0.05, 0.1) is 0 Å². The molecule has 24 aliphatic carbocycles. The molecule has 0 aromatic heterocycles. The fraction of sp³-hybridized carbons (Fsp3) is 0.819. The van der Waals surface area contributed by atoms with E-state index in [9.17, 15) is 33.6 Å². The number of carbonyl (C=O) groups is 7. The minimum absolute atomic E-state index is 0.153. The second kappa shape index (κ2) is 42.2. The van der Waals surface area contributed by atoms with E-state index in [0.29, 0.717) is 74.5 Å². The molecule has 24 saturated carbocycles. The number of unbranched alkanes of at least 4 members (excludes halogenated alkanes) is 2. The summed E-state index contributed by atoms with van der Waals surface area (Å²) in [5.41, 5.74) is 2.27. The zero-order chi connectivity index (χ0) is 94.8. The van der Waals surface area contributed by atoms with E-state index in [0.717, 1.165) is 128 Å². The second-order valence-electron chi connectivity index (χ2n) is 50.1. The molecular formula is C116H182O14. The van der Waals surface area contributed by atoms with Crippen LogP contribution in [0.2, 0.25) is 0 Å². The van der Waals surface area contributed by atoms with Crippen LogP contribution in [0.1, 0.15) is 420 Å². The number of fused-ring (bicyclic) bond motifs is 3. The molecule has 0 saturated heterocycles. The van der Waals surface area contributed by atoms with Gasteiger partial charge in [-0.2, -0.15) is 0 Å². The van der Waals surface area contributed by atoms with Crippen LogP contribution >= 0.6 is 0 Å². The van der Waals surface area contributed by atoms with Crippen LogP contribution in [0.4, 0.5) is 0 Å². The van der Waals surface area contributed by atoms with Gasteiger partial charge in [0, 0.05) is 49.8 Å². The monoisotopic (exact) mass is 1800 g/mol. The minimum Gasteiger partial charge on any atom is -0.457 e. The normalized spacial score (nSPS) is 39.5. The van der Waals surface area contributed by atoms with Gasteiger partial charge < -0.3 is 33.2 Å². The highest BCUT2D eigenvalue weighted by atomic mass is 16.6. The van der Waals surface area contributed by atoms with Gasteiger partial charge in [0.1, 0.15) is 39.2 Å². The first-order chi connectivity index (χ1) is 61.0. The molecule has 24 fully saturated rings. The zero-order valence-electron chi connectivity index (χ0n) is 85.4. The molecule has 0 aromatic rings. The van der Waals surface area contributed by atoms with Gasteiger partial charge >= 0.3 is 41.8 Å². The molecule has 4 unspecified atom stereocenters. The summed E-state index contributed by atoms with van der Waals surface area (Å²) in [6, 6.07) is 0.